The van der Waals surface area contributed by atoms with E-state index in [1.54, 1.807) is 4.90 Å². The van der Waals surface area contributed by atoms with Crippen LogP contribution in [0.5, 0.6) is 0 Å². The summed E-state index contributed by atoms with van der Waals surface area (Å²) < 4.78 is 0.320. The molecular formula is C11H13BrN2O3. The number of hydrogen-bond donors (Lipinski definition) is 0. The van der Waals surface area contributed by atoms with Crippen molar-refractivity contribution in [3.05, 3.63) is 38.3 Å². The van der Waals surface area contributed by atoms with Gasteiger partial charge >= 0.3 is 0 Å². The summed E-state index contributed by atoms with van der Waals surface area (Å²) in [4.78, 5) is 23.8. The van der Waals surface area contributed by atoms with E-state index in [2.05, 4.69) is 15.9 Å². The Morgan fingerprint density at radius 2 is 2.00 bits per heavy atom. The van der Waals surface area contributed by atoms with Crippen LogP contribution >= 0.6 is 15.9 Å². The minimum atomic E-state index is -0.490. The monoisotopic (exact) mass is 300 g/mol. The van der Waals surface area contributed by atoms with Gasteiger partial charge in [-0.05, 0) is 41.9 Å². The van der Waals surface area contributed by atoms with Crippen molar-refractivity contribution in [1.29, 1.82) is 0 Å². The maximum absolute atomic E-state index is 12.0. The molecule has 0 aliphatic carbocycles. The lowest BCUT2D eigenvalue weighted by Gasteiger charge is -2.18. The van der Waals surface area contributed by atoms with Crippen molar-refractivity contribution in [3.63, 3.8) is 0 Å². The average Bonchev–Trinajstić information content (AvgIpc) is 2.29. The summed E-state index contributed by atoms with van der Waals surface area (Å²) in [5, 5.41) is 10.6. The van der Waals surface area contributed by atoms with Crippen LogP contribution in [0.15, 0.2) is 22.7 Å². The number of carbonyl (C=O) groups excluding carboxylic acids is 1. The molecule has 1 rings (SSSR count). The predicted molar refractivity (Wildman–Crippen MR) is 68.0 cm³/mol. The van der Waals surface area contributed by atoms with Gasteiger partial charge in [0.05, 0.1) is 9.40 Å². The number of rotatable bonds is 4. The molecule has 0 atom stereocenters. The first-order valence-corrected chi connectivity index (χ1v) is 6.03. The van der Waals surface area contributed by atoms with Crippen molar-refractivity contribution in [2.24, 2.45) is 0 Å². The van der Waals surface area contributed by atoms with Gasteiger partial charge in [0.2, 0.25) is 0 Å². The molecule has 0 spiro atoms. The quantitative estimate of drug-likeness (QED) is 0.634. The van der Waals surface area contributed by atoms with Crippen LogP contribution in [0.1, 0.15) is 24.2 Å². The van der Waals surface area contributed by atoms with E-state index in [9.17, 15) is 14.9 Å². The fourth-order valence-electron chi connectivity index (χ4n) is 1.48. The van der Waals surface area contributed by atoms with Crippen LogP contribution in [0.25, 0.3) is 0 Å². The van der Waals surface area contributed by atoms with E-state index in [4.69, 9.17) is 0 Å². The van der Waals surface area contributed by atoms with E-state index in [1.807, 2.05) is 13.8 Å². The molecule has 0 radical (unpaired) electrons. The maximum atomic E-state index is 12.0. The van der Waals surface area contributed by atoms with Crippen molar-refractivity contribution in [2.75, 3.05) is 13.1 Å². The molecule has 0 saturated heterocycles. The van der Waals surface area contributed by atoms with Crippen molar-refractivity contribution in [3.8, 4) is 0 Å². The summed E-state index contributed by atoms with van der Waals surface area (Å²) >= 11 is 3.10. The molecule has 0 N–H and O–H groups in total. The van der Waals surface area contributed by atoms with Crippen LogP contribution < -0.4 is 0 Å². The summed E-state index contributed by atoms with van der Waals surface area (Å²) in [6.45, 7) is 5.01. The fraction of sp³-hybridized carbons (Fsp3) is 0.364. The highest BCUT2D eigenvalue weighted by Gasteiger charge is 2.17. The van der Waals surface area contributed by atoms with Crippen LogP contribution in [0, 0.1) is 10.1 Å². The third-order valence-electron chi connectivity index (χ3n) is 2.44. The van der Waals surface area contributed by atoms with Gasteiger partial charge in [0.1, 0.15) is 0 Å². The summed E-state index contributed by atoms with van der Waals surface area (Å²) in [5.74, 6) is -0.120. The van der Waals surface area contributed by atoms with Gasteiger partial charge in [-0.3, -0.25) is 14.9 Å². The molecule has 1 aromatic rings. The Balaban J connectivity index is 3.05. The number of nitro benzene ring substituents is 1. The Morgan fingerprint density at radius 1 is 1.41 bits per heavy atom. The molecule has 1 amide bonds. The van der Waals surface area contributed by atoms with Crippen LogP contribution in [-0.4, -0.2) is 28.8 Å². The zero-order valence-corrected chi connectivity index (χ0v) is 11.2. The minimum Gasteiger partial charge on any atom is -0.339 e. The summed E-state index contributed by atoms with van der Waals surface area (Å²) in [5.41, 5.74) is 0.410. The summed E-state index contributed by atoms with van der Waals surface area (Å²) in [6.07, 6.45) is 0. The molecule has 0 bridgehead atoms. The zero-order chi connectivity index (χ0) is 13.0. The molecule has 0 unspecified atom stereocenters. The van der Waals surface area contributed by atoms with E-state index in [-0.39, 0.29) is 11.6 Å². The number of nitrogens with zero attached hydrogens (tertiary/aromatic N) is 2. The van der Waals surface area contributed by atoms with Crippen LogP contribution in [0.4, 0.5) is 5.69 Å². The van der Waals surface area contributed by atoms with Gasteiger partial charge in [0, 0.05) is 24.7 Å². The Bertz CT molecular complexity index is 444. The molecule has 0 saturated carbocycles. The van der Waals surface area contributed by atoms with E-state index in [0.717, 1.165) is 0 Å². The Labute approximate surface area is 108 Å². The van der Waals surface area contributed by atoms with Crippen molar-refractivity contribution in [2.45, 2.75) is 13.8 Å². The number of hydrogen-bond acceptors (Lipinski definition) is 3. The standard InChI is InChI=1S/C11H13BrN2O3/c1-3-13(4-2)11(15)8-5-6-10(14(16)17)9(12)7-8/h5-7H,3-4H2,1-2H3. The molecule has 0 aliphatic rings. The van der Waals surface area contributed by atoms with Gasteiger partial charge in [-0.2, -0.15) is 0 Å². The zero-order valence-electron chi connectivity index (χ0n) is 9.64. The molecular weight excluding hydrogens is 288 g/mol. The molecule has 17 heavy (non-hydrogen) atoms. The lowest BCUT2D eigenvalue weighted by atomic mass is 10.2. The molecule has 0 fully saturated rings. The third kappa shape index (κ3) is 3.03. The fourth-order valence-corrected chi connectivity index (χ4v) is 2.00. The predicted octanol–water partition coefficient (Wildman–Crippen LogP) is 2.84. The largest absolute Gasteiger partial charge is 0.339 e. The highest BCUT2D eigenvalue weighted by molar-refractivity contribution is 9.10. The van der Waals surface area contributed by atoms with E-state index in [1.165, 1.54) is 18.2 Å². The Hall–Kier alpha value is -1.43. The lowest BCUT2D eigenvalue weighted by Crippen LogP contribution is -2.30. The highest BCUT2D eigenvalue weighted by atomic mass is 79.9. The second kappa shape index (κ2) is 5.77. The first-order chi connectivity index (χ1) is 8.01. The number of benzene rings is 1. The molecule has 92 valence electrons. The third-order valence-corrected chi connectivity index (χ3v) is 3.08. The van der Waals surface area contributed by atoms with Crippen molar-refractivity contribution in [1.82, 2.24) is 4.90 Å². The van der Waals surface area contributed by atoms with Gasteiger partial charge < -0.3 is 4.90 Å². The number of halogens is 1. The first kappa shape index (κ1) is 13.6. The molecule has 5 nitrogen and oxygen atoms in total. The van der Waals surface area contributed by atoms with Crippen molar-refractivity contribution >= 4 is 27.5 Å². The van der Waals surface area contributed by atoms with E-state index >= 15 is 0 Å². The van der Waals surface area contributed by atoms with Gasteiger partial charge in [0.25, 0.3) is 11.6 Å². The summed E-state index contributed by atoms with van der Waals surface area (Å²) in [7, 11) is 0. The average molecular weight is 301 g/mol. The lowest BCUT2D eigenvalue weighted by molar-refractivity contribution is -0.385. The molecule has 0 aromatic heterocycles. The molecule has 0 aliphatic heterocycles. The molecule has 0 heterocycles. The number of nitro groups is 1. The van der Waals surface area contributed by atoms with Crippen LogP contribution in [0.3, 0.4) is 0 Å². The minimum absolute atomic E-state index is 0.0407. The van der Waals surface area contributed by atoms with Crippen molar-refractivity contribution < 1.29 is 9.72 Å². The number of amides is 1. The smallest absolute Gasteiger partial charge is 0.283 e. The second-order valence-corrected chi connectivity index (χ2v) is 4.26. The summed E-state index contributed by atoms with van der Waals surface area (Å²) in [6, 6.07) is 4.29. The second-order valence-electron chi connectivity index (χ2n) is 3.40. The van der Waals surface area contributed by atoms with Crippen LogP contribution in [0.2, 0.25) is 0 Å². The first-order valence-electron chi connectivity index (χ1n) is 5.24. The number of carbonyl (C=O) groups is 1. The van der Waals surface area contributed by atoms with Crippen LogP contribution in [-0.2, 0) is 0 Å². The Morgan fingerprint density at radius 3 is 2.41 bits per heavy atom. The SMILES string of the molecule is CCN(CC)C(=O)c1ccc([N+](=O)[O-])c(Br)c1. The van der Waals surface area contributed by atoms with Gasteiger partial charge in [-0.15, -0.1) is 0 Å². The topological polar surface area (TPSA) is 63.5 Å². The van der Waals surface area contributed by atoms with Gasteiger partial charge in [-0.1, -0.05) is 0 Å². The van der Waals surface area contributed by atoms with E-state index in [0.29, 0.717) is 23.1 Å². The highest BCUT2D eigenvalue weighted by Crippen LogP contribution is 2.26. The Kier molecular flexibility index (Phi) is 4.62. The van der Waals surface area contributed by atoms with Gasteiger partial charge in [0.15, 0.2) is 0 Å². The van der Waals surface area contributed by atoms with Gasteiger partial charge in [-0.25, -0.2) is 0 Å². The molecule has 1 aromatic carbocycles. The molecule has 6 heteroatoms. The maximum Gasteiger partial charge on any atom is 0.283 e. The normalized spacial score (nSPS) is 10.1. The van der Waals surface area contributed by atoms with E-state index < -0.39 is 4.92 Å².